The van der Waals surface area contributed by atoms with Gasteiger partial charge in [-0.05, 0) is 0 Å². The smallest absolute Gasteiger partial charge is 0.387 e. The van der Waals surface area contributed by atoms with E-state index in [1.807, 2.05) is 0 Å². The van der Waals surface area contributed by atoms with Crippen LogP contribution >= 0.6 is 45.2 Å². The zero-order valence-corrected chi connectivity index (χ0v) is 17.9. The van der Waals surface area contributed by atoms with Crippen LogP contribution in [0.2, 0.25) is 0 Å². The van der Waals surface area contributed by atoms with Crippen molar-refractivity contribution in [3.63, 3.8) is 0 Å². The minimum Gasteiger partial charge on any atom is -0.454 e. The maximum absolute atomic E-state index is 13.6. The Morgan fingerprint density at radius 1 is 0.452 bits per heavy atom. The summed E-state index contributed by atoms with van der Waals surface area (Å²) in [5.74, 6) is -48.4. The van der Waals surface area contributed by atoms with Gasteiger partial charge in [-0.1, -0.05) is 13.2 Å². The highest BCUT2D eigenvalue weighted by atomic mass is 127. The number of allylic oxidation sites excluding steroid dienone is 2. The Morgan fingerprint density at radius 3 is 0.806 bits per heavy atom. The molecule has 0 saturated carbocycles. The largest absolute Gasteiger partial charge is 0.454 e. The van der Waals surface area contributed by atoms with Gasteiger partial charge in [0.05, 0.1) is 0 Å². The van der Waals surface area contributed by atoms with Gasteiger partial charge in [0.1, 0.15) is 0 Å². The Balaban J connectivity index is 6.12. The molecule has 0 unspecified atom stereocenters. The molecular weight excluding hydrogens is 718 g/mol. The molecule has 0 fully saturated rings. The molecule has 0 heterocycles. The second kappa shape index (κ2) is 8.13. The lowest BCUT2D eigenvalue weighted by molar-refractivity contribution is -0.345. The molecule has 0 aliphatic heterocycles. The Labute approximate surface area is 188 Å². The molecule has 0 aliphatic carbocycles. The maximum atomic E-state index is 13.6. The second-order valence-corrected chi connectivity index (χ2v) is 8.10. The molecule has 0 N–H and O–H groups in total. The molecule has 0 aromatic heterocycles. The summed E-state index contributed by atoms with van der Waals surface area (Å²) < 4.78 is 201. The van der Waals surface area contributed by atoms with Crippen LogP contribution in [0.1, 0.15) is 0 Å². The van der Waals surface area contributed by atoms with Crippen LogP contribution in [0.5, 0.6) is 0 Å². The number of alkyl halides is 18. The number of rotatable bonds is 10. The van der Waals surface area contributed by atoms with Gasteiger partial charge in [-0.25, -0.2) is 0 Å². The Bertz CT molecular complexity index is 657. The topological polar surface area (TPSA) is 9.23 Å². The molecule has 0 rings (SSSR count). The van der Waals surface area contributed by atoms with Crippen molar-refractivity contribution in [1.29, 1.82) is 0 Å². The molecule has 184 valence electrons. The third-order valence-corrected chi connectivity index (χ3v) is 4.59. The average molecular weight is 722 g/mol. The number of halogens is 18. The summed E-state index contributed by atoms with van der Waals surface area (Å²) in [4.78, 5) is 0. The first kappa shape index (κ1) is 30.6. The van der Waals surface area contributed by atoms with Gasteiger partial charge in [0.15, 0.2) is 11.5 Å². The van der Waals surface area contributed by atoms with Crippen molar-refractivity contribution in [2.45, 2.75) is 43.4 Å². The van der Waals surface area contributed by atoms with E-state index in [2.05, 4.69) is 4.74 Å². The van der Waals surface area contributed by atoms with Crippen LogP contribution in [-0.2, 0) is 4.74 Å². The predicted octanol–water partition coefficient (Wildman–Crippen LogP) is 7.90. The van der Waals surface area contributed by atoms with E-state index in [1.165, 1.54) is 0 Å². The minimum absolute atomic E-state index is 0.686. The lowest BCUT2D eigenvalue weighted by atomic mass is 10.0. The molecule has 31 heavy (non-hydrogen) atoms. The monoisotopic (exact) mass is 722 g/mol. The van der Waals surface area contributed by atoms with E-state index in [4.69, 9.17) is 0 Å². The van der Waals surface area contributed by atoms with Gasteiger partial charge in [-0.3, -0.25) is 0 Å². The molecule has 0 radical (unpaired) electrons. The van der Waals surface area contributed by atoms with E-state index in [1.54, 1.807) is 13.2 Å². The lowest BCUT2D eigenvalue weighted by Gasteiger charge is -2.37. The number of ether oxygens (including phenoxy) is 1. The molecule has 0 aromatic rings. The standard InChI is InChI=1S/C12H4F16I2O/c1-3(5(13,14)7(17,18)9(21,22)11(25,26)29)31-4(2)6(15,16)8(19,20)10(23,24)12(27,28)30/h1-2H2. The van der Waals surface area contributed by atoms with Gasteiger partial charge in [0.25, 0.3) is 0 Å². The van der Waals surface area contributed by atoms with Crippen LogP contribution in [0, 0.1) is 0 Å². The molecular formula is C12H4F16I2O. The summed E-state index contributed by atoms with van der Waals surface area (Å²) in [6.07, 6.45) is 0. The van der Waals surface area contributed by atoms with Gasteiger partial charge < -0.3 is 4.74 Å². The Morgan fingerprint density at radius 2 is 0.645 bits per heavy atom. The van der Waals surface area contributed by atoms with Crippen LogP contribution < -0.4 is 0 Å². The quantitative estimate of drug-likeness (QED) is 0.0966. The van der Waals surface area contributed by atoms with Gasteiger partial charge >= 0.3 is 43.4 Å². The van der Waals surface area contributed by atoms with Gasteiger partial charge in [0.2, 0.25) is 0 Å². The summed E-state index contributed by atoms with van der Waals surface area (Å²) in [6, 6.07) is 0. The number of hydrogen-bond donors (Lipinski definition) is 0. The second-order valence-electron chi connectivity index (χ2n) is 5.39. The van der Waals surface area contributed by atoms with E-state index in [0.717, 1.165) is 0 Å². The number of hydrogen-bond acceptors (Lipinski definition) is 1. The van der Waals surface area contributed by atoms with Crippen molar-refractivity contribution in [2.75, 3.05) is 0 Å². The molecule has 0 aliphatic rings. The van der Waals surface area contributed by atoms with E-state index in [9.17, 15) is 70.2 Å². The third-order valence-electron chi connectivity index (χ3n) is 3.24. The molecule has 0 atom stereocenters. The summed E-state index contributed by atoms with van der Waals surface area (Å²) in [6.45, 7) is 3.45. The van der Waals surface area contributed by atoms with Crippen LogP contribution in [-0.4, -0.2) is 43.4 Å². The zero-order chi connectivity index (χ0) is 25.9. The van der Waals surface area contributed by atoms with Crippen LogP contribution in [0.4, 0.5) is 70.2 Å². The minimum atomic E-state index is -7.18. The van der Waals surface area contributed by atoms with Gasteiger partial charge in [-0.2, -0.15) is 70.2 Å². The first-order chi connectivity index (χ1) is 13.0. The third kappa shape index (κ3) is 4.66. The van der Waals surface area contributed by atoms with Crippen molar-refractivity contribution in [2.24, 2.45) is 0 Å². The summed E-state index contributed by atoms with van der Waals surface area (Å²) in [7, 11) is 0. The van der Waals surface area contributed by atoms with E-state index in [0.29, 0.717) is 0 Å². The predicted molar refractivity (Wildman–Crippen MR) is 87.0 cm³/mol. The molecule has 19 heteroatoms. The average Bonchev–Trinajstić information content (AvgIpc) is 2.51. The normalized spacial score (nSPS) is 15.7. The summed E-state index contributed by atoms with van der Waals surface area (Å²) >= 11 is -1.37. The SMILES string of the molecule is C=C(OC(=C)C(F)(F)C(F)(F)C(F)(F)C(F)(F)I)C(F)(F)C(F)(F)C(F)(F)C(F)(F)I. The van der Waals surface area contributed by atoms with Gasteiger partial charge in [-0.15, -0.1) is 0 Å². The molecule has 0 bridgehead atoms. The van der Waals surface area contributed by atoms with Crippen LogP contribution in [0.15, 0.2) is 24.7 Å². The fourth-order valence-corrected chi connectivity index (χ4v) is 2.05. The molecule has 1 nitrogen and oxygen atoms in total. The molecule has 0 spiro atoms. The fraction of sp³-hybridized carbons (Fsp3) is 0.667. The van der Waals surface area contributed by atoms with Crippen molar-refractivity contribution in [3.05, 3.63) is 24.7 Å². The van der Waals surface area contributed by atoms with E-state index < -0.39 is 100 Å². The first-order valence-electron chi connectivity index (χ1n) is 6.52. The van der Waals surface area contributed by atoms with Crippen molar-refractivity contribution < 1.29 is 75.0 Å². The molecule has 0 aromatic carbocycles. The first-order valence-corrected chi connectivity index (χ1v) is 8.67. The molecule has 0 amide bonds. The van der Waals surface area contributed by atoms with Crippen molar-refractivity contribution in [3.8, 4) is 0 Å². The van der Waals surface area contributed by atoms with E-state index in [-0.39, 0.29) is 0 Å². The Hall–Kier alpha value is -0.380. The highest BCUT2D eigenvalue weighted by molar-refractivity contribution is 14.1. The van der Waals surface area contributed by atoms with Crippen LogP contribution in [0.25, 0.3) is 0 Å². The van der Waals surface area contributed by atoms with Crippen molar-refractivity contribution in [1.82, 2.24) is 0 Å². The van der Waals surface area contributed by atoms with Gasteiger partial charge in [0, 0.05) is 45.2 Å². The van der Waals surface area contributed by atoms with Crippen LogP contribution in [0.3, 0.4) is 0 Å². The summed E-state index contributed by atoms with van der Waals surface area (Å²) in [5, 5.41) is 0. The fourth-order valence-electron chi connectivity index (χ4n) is 1.38. The highest BCUT2D eigenvalue weighted by Crippen LogP contribution is 2.59. The lowest BCUT2D eigenvalue weighted by Crippen LogP contribution is -2.62. The highest BCUT2D eigenvalue weighted by Gasteiger charge is 2.83. The maximum Gasteiger partial charge on any atom is 0.387 e. The zero-order valence-electron chi connectivity index (χ0n) is 13.6. The summed E-state index contributed by atoms with van der Waals surface area (Å²) in [5.41, 5.74) is 0. The van der Waals surface area contributed by atoms with Crippen molar-refractivity contribution >= 4 is 45.2 Å². The Kier molecular flexibility index (Phi) is 8.03. The molecule has 0 saturated heterocycles. The van der Waals surface area contributed by atoms with E-state index >= 15 is 0 Å².